The van der Waals surface area contributed by atoms with Crippen molar-refractivity contribution in [3.05, 3.63) is 64.9 Å². The fraction of sp³-hybridized carbons (Fsp3) is 0.167. The average Bonchev–Trinajstić information content (AvgIpc) is 3.09. The summed E-state index contributed by atoms with van der Waals surface area (Å²) in [5, 5.41) is 6.85. The summed E-state index contributed by atoms with van der Waals surface area (Å²) < 4.78 is 6.19. The van der Waals surface area contributed by atoms with Crippen LogP contribution in [0.3, 0.4) is 0 Å². The highest BCUT2D eigenvalue weighted by molar-refractivity contribution is 7.10. The van der Waals surface area contributed by atoms with Gasteiger partial charge in [0.2, 0.25) is 5.91 Å². The molecule has 3 nitrogen and oxygen atoms in total. The summed E-state index contributed by atoms with van der Waals surface area (Å²) in [7, 11) is 1.64. The van der Waals surface area contributed by atoms with Gasteiger partial charge in [-0.05, 0) is 22.9 Å². The van der Waals surface area contributed by atoms with Crippen LogP contribution in [0.2, 0.25) is 0 Å². The molecule has 0 radical (unpaired) electrons. The molecule has 1 atom stereocenters. The zero-order valence-electron chi connectivity index (χ0n) is 12.3. The van der Waals surface area contributed by atoms with Crippen LogP contribution in [0.5, 0.6) is 5.75 Å². The standard InChI is InChI=1S/C18H17NO2S/c1-19-18(20)12-16(17-10-5-11-22-17)21-15-9-4-7-13-6-2-3-8-14(13)15/h2-11,16H,12H2,1H3,(H,19,20). The van der Waals surface area contributed by atoms with E-state index in [1.165, 1.54) is 0 Å². The van der Waals surface area contributed by atoms with Crippen LogP contribution in [-0.2, 0) is 4.79 Å². The largest absolute Gasteiger partial charge is 0.484 e. The Hall–Kier alpha value is -2.33. The number of rotatable bonds is 5. The molecule has 0 aliphatic carbocycles. The highest BCUT2D eigenvalue weighted by Crippen LogP contribution is 2.32. The number of carbonyl (C=O) groups excluding carboxylic acids is 1. The van der Waals surface area contributed by atoms with Crippen LogP contribution in [0.1, 0.15) is 17.4 Å². The highest BCUT2D eigenvalue weighted by Gasteiger charge is 2.19. The molecule has 3 aromatic rings. The van der Waals surface area contributed by atoms with Gasteiger partial charge < -0.3 is 10.1 Å². The Balaban J connectivity index is 1.93. The highest BCUT2D eigenvalue weighted by atomic mass is 32.1. The first-order valence-corrected chi connectivity index (χ1v) is 8.04. The molecule has 2 aromatic carbocycles. The fourth-order valence-corrected chi connectivity index (χ4v) is 3.15. The Labute approximate surface area is 133 Å². The van der Waals surface area contributed by atoms with Crippen molar-refractivity contribution in [2.24, 2.45) is 0 Å². The summed E-state index contributed by atoms with van der Waals surface area (Å²) in [5.41, 5.74) is 0. The predicted molar refractivity (Wildman–Crippen MR) is 90.3 cm³/mol. The number of hydrogen-bond acceptors (Lipinski definition) is 3. The van der Waals surface area contributed by atoms with E-state index in [2.05, 4.69) is 17.4 Å². The quantitative estimate of drug-likeness (QED) is 0.768. The molecule has 22 heavy (non-hydrogen) atoms. The smallest absolute Gasteiger partial charge is 0.223 e. The fourth-order valence-electron chi connectivity index (χ4n) is 2.40. The van der Waals surface area contributed by atoms with Crippen molar-refractivity contribution in [1.82, 2.24) is 5.32 Å². The number of amides is 1. The van der Waals surface area contributed by atoms with Gasteiger partial charge >= 0.3 is 0 Å². The van der Waals surface area contributed by atoms with Gasteiger partial charge in [0.05, 0.1) is 6.42 Å². The molecule has 112 valence electrons. The molecule has 3 rings (SSSR count). The van der Waals surface area contributed by atoms with E-state index in [1.54, 1.807) is 18.4 Å². The summed E-state index contributed by atoms with van der Waals surface area (Å²) in [5.74, 6) is 0.777. The van der Waals surface area contributed by atoms with Gasteiger partial charge in [0.15, 0.2) is 0 Å². The minimum atomic E-state index is -0.272. The minimum absolute atomic E-state index is 0.0290. The van der Waals surface area contributed by atoms with Crippen LogP contribution >= 0.6 is 11.3 Å². The third-order valence-electron chi connectivity index (χ3n) is 3.53. The molecule has 1 amide bonds. The molecule has 1 unspecified atom stereocenters. The maximum atomic E-state index is 11.8. The van der Waals surface area contributed by atoms with E-state index < -0.39 is 0 Å². The van der Waals surface area contributed by atoms with Crippen LogP contribution in [0.15, 0.2) is 60.0 Å². The van der Waals surface area contributed by atoms with Crippen LogP contribution in [-0.4, -0.2) is 13.0 Å². The van der Waals surface area contributed by atoms with Gasteiger partial charge in [-0.25, -0.2) is 0 Å². The maximum Gasteiger partial charge on any atom is 0.223 e. The molecule has 0 fully saturated rings. The summed E-state index contributed by atoms with van der Waals surface area (Å²) in [6.07, 6.45) is 0.0333. The lowest BCUT2D eigenvalue weighted by atomic mass is 10.1. The predicted octanol–water partition coefficient (Wildman–Crippen LogP) is 4.16. The third kappa shape index (κ3) is 3.12. The van der Waals surface area contributed by atoms with Crippen molar-refractivity contribution in [3.8, 4) is 5.75 Å². The first-order valence-electron chi connectivity index (χ1n) is 7.16. The van der Waals surface area contributed by atoms with Crippen LogP contribution < -0.4 is 10.1 Å². The molecule has 0 bridgehead atoms. The molecule has 4 heteroatoms. The summed E-state index contributed by atoms with van der Waals surface area (Å²) in [6.45, 7) is 0. The van der Waals surface area contributed by atoms with Gasteiger partial charge in [0.25, 0.3) is 0 Å². The van der Waals surface area contributed by atoms with Crippen molar-refractivity contribution in [3.63, 3.8) is 0 Å². The number of hydrogen-bond donors (Lipinski definition) is 1. The Bertz CT molecular complexity index is 762. The van der Waals surface area contributed by atoms with Gasteiger partial charge in [-0.15, -0.1) is 11.3 Å². The normalized spacial score (nSPS) is 12.0. The van der Waals surface area contributed by atoms with Crippen molar-refractivity contribution in [2.45, 2.75) is 12.5 Å². The van der Waals surface area contributed by atoms with Crippen LogP contribution in [0.25, 0.3) is 10.8 Å². The second-order valence-corrected chi connectivity index (χ2v) is 5.96. The van der Waals surface area contributed by atoms with E-state index in [-0.39, 0.29) is 12.0 Å². The molecule has 0 aliphatic heterocycles. The third-order valence-corrected chi connectivity index (χ3v) is 4.49. The van der Waals surface area contributed by atoms with E-state index in [1.807, 2.05) is 47.8 Å². The first kappa shape index (κ1) is 14.6. The molecular formula is C18H17NO2S. The summed E-state index contributed by atoms with van der Waals surface area (Å²) >= 11 is 1.60. The average molecular weight is 311 g/mol. The number of benzene rings is 2. The number of ether oxygens (including phenoxy) is 1. The lowest BCUT2D eigenvalue weighted by molar-refractivity contribution is -0.122. The Morgan fingerprint density at radius 1 is 1.14 bits per heavy atom. The lowest BCUT2D eigenvalue weighted by Crippen LogP contribution is -2.22. The number of carbonyl (C=O) groups is 1. The minimum Gasteiger partial charge on any atom is -0.484 e. The maximum absolute atomic E-state index is 11.8. The van der Waals surface area contributed by atoms with Crippen molar-refractivity contribution in [2.75, 3.05) is 7.05 Å². The van der Waals surface area contributed by atoms with Crippen LogP contribution in [0.4, 0.5) is 0 Å². The lowest BCUT2D eigenvalue weighted by Gasteiger charge is -2.18. The van der Waals surface area contributed by atoms with Gasteiger partial charge in [0, 0.05) is 17.3 Å². The monoisotopic (exact) mass is 311 g/mol. The van der Waals surface area contributed by atoms with E-state index in [9.17, 15) is 4.79 Å². The van der Waals surface area contributed by atoms with Crippen molar-refractivity contribution < 1.29 is 9.53 Å². The van der Waals surface area contributed by atoms with E-state index in [4.69, 9.17) is 4.74 Å². The van der Waals surface area contributed by atoms with Crippen LogP contribution in [0, 0.1) is 0 Å². The van der Waals surface area contributed by atoms with Gasteiger partial charge in [-0.2, -0.15) is 0 Å². The van der Waals surface area contributed by atoms with Gasteiger partial charge in [-0.3, -0.25) is 4.79 Å². The van der Waals surface area contributed by atoms with Crippen molar-refractivity contribution >= 4 is 28.0 Å². The first-order chi connectivity index (χ1) is 10.8. The Kier molecular flexibility index (Phi) is 4.39. The van der Waals surface area contributed by atoms with E-state index >= 15 is 0 Å². The summed E-state index contributed by atoms with van der Waals surface area (Å²) in [6, 6.07) is 18.1. The van der Waals surface area contributed by atoms with Gasteiger partial charge in [-0.1, -0.05) is 42.5 Å². The number of thiophene rings is 1. The molecule has 0 saturated carbocycles. The zero-order chi connectivity index (χ0) is 15.4. The zero-order valence-corrected chi connectivity index (χ0v) is 13.1. The van der Waals surface area contributed by atoms with E-state index in [0.29, 0.717) is 6.42 Å². The Morgan fingerprint density at radius 2 is 1.95 bits per heavy atom. The number of fused-ring (bicyclic) bond motifs is 1. The number of nitrogens with one attached hydrogen (secondary N) is 1. The second-order valence-electron chi connectivity index (χ2n) is 4.98. The second kappa shape index (κ2) is 6.62. The Morgan fingerprint density at radius 3 is 2.73 bits per heavy atom. The molecule has 0 spiro atoms. The topological polar surface area (TPSA) is 38.3 Å². The summed E-state index contributed by atoms with van der Waals surface area (Å²) in [4.78, 5) is 12.8. The molecule has 1 N–H and O–H groups in total. The molecule has 1 aromatic heterocycles. The van der Waals surface area contributed by atoms with Crippen molar-refractivity contribution in [1.29, 1.82) is 0 Å². The molecule has 1 heterocycles. The SMILES string of the molecule is CNC(=O)CC(Oc1cccc2ccccc12)c1cccs1. The van der Waals surface area contributed by atoms with E-state index in [0.717, 1.165) is 21.4 Å². The molecule has 0 saturated heterocycles. The molecule has 0 aliphatic rings. The van der Waals surface area contributed by atoms with Gasteiger partial charge in [0.1, 0.15) is 11.9 Å². The molecular weight excluding hydrogens is 294 g/mol.